The van der Waals surface area contributed by atoms with Crippen molar-refractivity contribution >= 4 is 38.4 Å². The molecule has 1 N–H and O–H groups in total. The van der Waals surface area contributed by atoms with Gasteiger partial charge in [0.2, 0.25) is 0 Å². The Morgan fingerprint density at radius 2 is 1.83 bits per heavy atom. The third-order valence-corrected chi connectivity index (χ3v) is 6.60. The topological polar surface area (TPSA) is 64.2 Å². The standard InChI is InChI=1S/C24H26N2O3S/c1-15(2)11-18(12-22(27)28)26-20-9-5-4-8-19(20)25(24(26)29)13-17-14-30-21-10-6-7-16(3)23(17)21/h4-10,14-15,18H,11-13H2,1-3H3,(H,27,28). The van der Waals surface area contributed by atoms with Gasteiger partial charge in [-0.05, 0) is 54.0 Å². The molecule has 0 saturated heterocycles. The molecule has 2 aromatic heterocycles. The summed E-state index contributed by atoms with van der Waals surface area (Å²) in [5.74, 6) is -0.601. The molecular weight excluding hydrogens is 396 g/mol. The monoisotopic (exact) mass is 422 g/mol. The van der Waals surface area contributed by atoms with Crippen molar-refractivity contribution in [2.45, 2.75) is 46.2 Å². The Morgan fingerprint density at radius 3 is 2.53 bits per heavy atom. The molecule has 0 aliphatic carbocycles. The zero-order valence-electron chi connectivity index (χ0n) is 17.5. The van der Waals surface area contributed by atoms with Gasteiger partial charge in [-0.2, -0.15) is 0 Å². The molecule has 0 fully saturated rings. The average Bonchev–Trinajstić information content (AvgIpc) is 3.21. The van der Waals surface area contributed by atoms with E-state index in [9.17, 15) is 14.7 Å². The van der Waals surface area contributed by atoms with Crippen LogP contribution in [0.3, 0.4) is 0 Å². The molecule has 30 heavy (non-hydrogen) atoms. The van der Waals surface area contributed by atoms with Crippen molar-refractivity contribution in [1.29, 1.82) is 0 Å². The maximum Gasteiger partial charge on any atom is 0.329 e. The van der Waals surface area contributed by atoms with Gasteiger partial charge in [0, 0.05) is 16.1 Å². The minimum Gasteiger partial charge on any atom is -0.481 e. The number of aryl methyl sites for hydroxylation is 1. The summed E-state index contributed by atoms with van der Waals surface area (Å²) >= 11 is 1.69. The summed E-state index contributed by atoms with van der Waals surface area (Å²) < 4.78 is 4.70. The van der Waals surface area contributed by atoms with Crippen molar-refractivity contribution in [1.82, 2.24) is 9.13 Å². The number of rotatable bonds is 7. The van der Waals surface area contributed by atoms with E-state index in [1.54, 1.807) is 20.5 Å². The normalized spacial score (nSPS) is 12.8. The fourth-order valence-electron chi connectivity index (χ4n) is 4.39. The second-order valence-electron chi connectivity index (χ2n) is 8.32. The van der Waals surface area contributed by atoms with Crippen LogP contribution in [0.5, 0.6) is 0 Å². The van der Waals surface area contributed by atoms with Gasteiger partial charge in [0.15, 0.2) is 0 Å². The van der Waals surface area contributed by atoms with Crippen LogP contribution >= 0.6 is 11.3 Å². The number of carboxylic acids is 1. The number of thiophene rings is 1. The van der Waals surface area contributed by atoms with E-state index in [1.165, 1.54) is 15.6 Å². The van der Waals surface area contributed by atoms with Crippen LogP contribution in [0.25, 0.3) is 21.1 Å². The number of aliphatic carboxylic acids is 1. The van der Waals surface area contributed by atoms with E-state index in [1.807, 2.05) is 24.3 Å². The van der Waals surface area contributed by atoms with Gasteiger partial charge in [-0.15, -0.1) is 11.3 Å². The summed E-state index contributed by atoms with van der Waals surface area (Å²) in [6.45, 7) is 6.67. The Bertz CT molecular complexity index is 1280. The molecule has 4 aromatic rings. The van der Waals surface area contributed by atoms with Gasteiger partial charge in [-0.3, -0.25) is 13.9 Å². The maximum absolute atomic E-state index is 13.6. The molecule has 5 nitrogen and oxygen atoms in total. The molecule has 156 valence electrons. The molecular formula is C24H26N2O3S. The number of fused-ring (bicyclic) bond motifs is 2. The lowest BCUT2D eigenvalue weighted by atomic mass is 10.0. The number of hydrogen-bond acceptors (Lipinski definition) is 3. The van der Waals surface area contributed by atoms with Crippen molar-refractivity contribution < 1.29 is 9.90 Å². The highest BCUT2D eigenvalue weighted by atomic mass is 32.1. The first kappa shape index (κ1) is 20.4. The lowest BCUT2D eigenvalue weighted by molar-refractivity contribution is -0.138. The Kier molecular flexibility index (Phi) is 5.52. The van der Waals surface area contributed by atoms with Crippen LogP contribution in [-0.2, 0) is 11.3 Å². The van der Waals surface area contributed by atoms with Crippen LogP contribution in [0.15, 0.2) is 52.6 Å². The van der Waals surface area contributed by atoms with E-state index in [-0.39, 0.29) is 24.1 Å². The first-order valence-electron chi connectivity index (χ1n) is 10.2. The highest BCUT2D eigenvalue weighted by Crippen LogP contribution is 2.31. The molecule has 0 spiro atoms. The first-order chi connectivity index (χ1) is 14.4. The third kappa shape index (κ3) is 3.67. The fourth-order valence-corrected chi connectivity index (χ4v) is 5.42. The summed E-state index contributed by atoms with van der Waals surface area (Å²) in [7, 11) is 0. The number of imidazole rings is 1. The molecule has 0 aliphatic heterocycles. The van der Waals surface area contributed by atoms with Gasteiger partial charge in [0.05, 0.1) is 24.0 Å². The first-order valence-corrected chi connectivity index (χ1v) is 11.1. The van der Waals surface area contributed by atoms with Crippen LogP contribution in [0.4, 0.5) is 0 Å². The number of para-hydroxylation sites is 2. The predicted molar refractivity (Wildman–Crippen MR) is 123 cm³/mol. The maximum atomic E-state index is 13.6. The molecule has 2 aromatic carbocycles. The molecule has 2 heterocycles. The number of aromatic nitrogens is 2. The second kappa shape index (κ2) is 8.11. The van der Waals surface area contributed by atoms with E-state index in [2.05, 4.69) is 44.4 Å². The molecule has 0 amide bonds. The van der Waals surface area contributed by atoms with Crippen molar-refractivity contribution in [3.63, 3.8) is 0 Å². The average molecular weight is 423 g/mol. The Morgan fingerprint density at radius 1 is 1.10 bits per heavy atom. The summed E-state index contributed by atoms with van der Waals surface area (Å²) in [6, 6.07) is 13.6. The van der Waals surface area contributed by atoms with E-state index >= 15 is 0 Å². The Balaban J connectivity index is 1.88. The van der Waals surface area contributed by atoms with Crippen molar-refractivity contribution in [2.75, 3.05) is 0 Å². The lowest BCUT2D eigenvalue weighted by Gasteiger charge is -2.19. The summed E-state index contributed by atoms with van der Waals surface area (Å²) in [6.07, 6.45) is 0.577. The fraction of sp³-hybridized carbons (Fsp3) is 0.333. The van der Waals surface area contributed by atoms with Gasteiger partial charge < -0.3 is 5.11 Å². The molecule has 0 radical (unpaired) electrons. The molecule has 0 bridgehead atoms. The van der Waals surface area contributed by atoms with Gasteiger partial charge >= 0.3 is 11.7 Å². The summed E-state index contributed by atoms with van der Waals surface area (Å²) in [5, 5.41) is 12.8. The van der Waals surface area contributed by atoms with Crippen LogP contribution in [-0.4, -0.2) is 20.2 Å². The van der Waals surface area contributed by atoms with E-state index in [0.717, 1.165) is 16.6 Å². The minimum atomic E-state index is -0.885. The summed E-state index contributed by atoms with van der Waals surface area (Å²) in [4.78, 5) is 25.1. The Labute approximate surface area is 179 Å². The number of carboxylic acid groups (broad SMARTS) is 1. The highest BCUT2D eigenvalue weighted by molar-refractivity contribution is 7.17. The van der Waals surface area contributed by atoms with Crippen LogP contribution in [0, 0.1) is 12.8 Å². The van der Waals surface area contributed by atoms with Crippen LogP contribution in [0.1, 0.15) is 43.9 Å². The van der Waals surface area contributed by atoms with Crippen molar-refractivity contribution in [2.24, 2.45) is 5.92 Å². The molecule has 0 aliphatic rings. The second-order valence-corrected chi connectivity index (χ2v) is 9.23. The molecule has 1 unspecified atom stereocenters. The van der Waals surface area contributed by atoms with E-state index < -0.39 is 5.97 Å². The highest BCUT2D eigenvalue weighted by Gasteiger charge is 2.24. The molecule has 1 atom stereocenters. The number of nitrogens with zero attached hydrogens (tertiary/aromatic N) is 2. The lowest BCUT2D eigenvalue weighted by Crippen LogP contribution is -2.29. The van der Waals surface area contributed by atoms with Crippen LogP contribution < -0.4 is 5.69 Å². The molecule has 6 heteroatoms. The number of hydrogen-bond donors (Lipinski definition) is 1. The smallest absolute Gasteiger partial charge is 0.329 e. The quantitative estimate of drug-likeness (QED) is 0.431. The molecule has 0 saturated carbocycles. The van der Waals surface area contributed by atoms with Crippen molar-refractivity contribution in [3.05, 3.63) is 69.5 Å². The largest absolute Gasteiger partial charge is 0.481 e. The van der Waals surface area contributed by atoms with Gasteiger partial charge in [0.25, 0.3) is 0 Å². The number of benzene rings is 2. The zero-order chi connectivity index (χ0) is 21.4. The van der Waals surface area contributed by atoms with Gasteiger partial charge in [-0.25, -0.2) is 4.79 Å². The predicted octanol–water partition coefficient (Wildman–Crippen LogP) is 5.44. The van der Waals surface area contributed by atoms with E-state index in [0.29, 0.717) is 13.0 Å². The van der Waals surface area contributed by atoms with Crippen LogP contribution in [0.2, 0.25) is 0 Å². The Hall–Kier alpha value is -2.86. The van der Waals surface area contributed by atoms with Gasteiger partial charge in [-0.1, -0.05) is 38.1 Å². The van der Waals surface area contributed by atoms with E-state index in [4.69, 9.17) is 0 Å². The third-order valence-electron chi connectivity index (χ3n) is 5.60. The van der Waals surface area contributed by atoms with Crippen molar-refractivity contribution in [3.8, 4) is 0 Å². The minimum absolute atomic E-state index is 0.0629. The summed E-state index contributed by atoms with van der Waals surface area (Å²) in [5.41, 5.74) is 3.82. The number of carbonyl (C=O) groups is 1. The SMILES string of the molecule is Cc1cccc2scc(Cn3c(=O)n(C(CC(=O)O)CC(C)C)c4ccccc43)c12. The van der Waals surface area contributed by atoms with Gasteiger partial charge in [0.1, 0.15) is 0 Å². The zero-order valence-corrected chi connectivity index (χ0v) is 18.3. The molecule has 4 rings (SSSR count).